The van der Waals surface area contributed by atoms with Gasteiger partial charge in [-0.3, -0.25) is 0 Å². The van der Waals surface area contributed by atoms with Gasteiger partial charge < -0.3 is 30.7 Å². The fourth-order valence-electron chi connectivity index (χ4n) is 2.39. The van der Waals surface area contributed by atoms with Crippen LogP contribution in [0.3, 0.4) is 0 Å². The summed E-state index contributed by atoms with van der Waals surface area (Å²) in [7, 11) is 0. The lowest BCUT2D eigenvalue weighted by Crippen LogP contribution is -2.40. The first-order valence-electron chi connectivity index (χ1n) is 9.69. The van der Waals surface area contributed by atoms with Gasteiger partial charge in [-0.25, -0.2) is 9.59 Å². The van der Waals surface area contributed by atoms with E-state index in [-0.39, 0.29) is 18.9 Å². The number of ether oxygens (including phenoxy) is 2. The molecule has 0 heterocycles. The number of carbonyl (C=O) groups excluding carboxylic acids is 2. The molecule has 0 saturated carbocycles. The van der Waals surface area contributed by atoms with Crippen molar-refractivity contribution in [2.24, 2.45) is 0 Å². The smallest absolute Gasteiger partial charge is 0.370 e. The molecule has 33 heavy (non-hydrogen) atoms. The average molecular weight is 488 g/mol. The Kier molecular flexibility index (Phi) is 10.7. The predicted molar refractivity (Wildman–Crippen MR) is 108 cm³/mol. The third-order valence-electron chi connectivity index (χ3n) is 3.77. The van der Waals surface area contributed by atoms with Crippen molar-refractivity contribution in [3.63, 3.8) is 0 Å². The first kappa shape index (κ1) is 28.3. The molecule has 0 aliphatic carbocycles. The zero-order chi connectivity index (χ0) is 25.2. The summed E-state index contributed by atoms with van der Waals surface area (Å²) in [5, 5.41) is 9.83. The van der Waals surface area contributed by atoms with Crippen LogP contribution in [0.15, 0.2) is 18.2 Å². The third kappa shape index (κ3) is 13.4. The van der Waals surface area contributed by atoms with E-state index in [1.807, 2.05) is 0 Å². The molecule has 0 spiro atoms. The van der Waals surface area contributed by atoms with E-state index < -0.39 is 49.7 Å². The largest absolute Gasteiger partial charge is 0.411 e. The second-order valence-corrected chi connectivity index (χ2v) is 7.29. The second-order valence-electron chi connectivity index (χ2n) is 7.29. The van der Waals surface area contributed by atoms with Gasteiger partial charge in [0.2, 0.25) is 0 Å². The number of alkyl halides is 6. The van der Waals surface area contributed by atoms with Gasteiger partial charge in [-0.15, -0.1) is 0 Å². The topological polar surface area (TPSA) is 101 Å². The fraction of sp³-hybridized carbons (Fsp3) is 0.579. The number of benzene rings is 1. The molecule has 0 unspecified atom stereocenters. The molecule has 14 heteroatoms. The van der Waals surface area contributed by atoms with Gasteiger partial charge in [0.25, 0.3) is 0 Å². The minimum Gasteiger partial charge on any atom is -0.370 e. The molecular weight excluding hydrogens is 462 g/mol. The first-order valence-corrected chi connectivity index (χ1v) is 9.69. The summed E-state index contributed by atoms with van der Waals surface area (Å²) in [6, 6.07) is 1.76. The summed E-state index contributed by atoms with van der Waals surface area (Å²) in [4.78, 5) is 24.1. The van der Waals surface area contributed by atoms with Gasteiger partial charge in [-0.2, -0.15) is 26.3 Å². The van der Waals surface area contributed by atoms with Gasteiger partial charge in [0, 0.05) is 11.4 Å². The summed E-state index contributed by atoms with van der Waals surface area (Å²) in [5.41, 5.74) is 1.22. The van der Waals surface area contributed by atoms with Gasteiger partial charge >= 0.3 is 24.4 Å². The Balaban J connectivity index is 2.53. The van der Waals surface area contributed by atoms with Crippen molar-refractivity contribution in [1.82, 2.24) is 10.6 Å². The van der Waals surface area contributed by atoms with Crippen LogP contribution >= 0.6 is 0 Å². The fourth-order valence-corrected chi connectivity index (χ4v) is 2.39. The number of carbonyl (C=O) groups is 2. The van der Waals surface area contributed by atoms with Crippen molar-refractivity contribution in [3.8, 4) is 0 Å². The monoisotopic (exact) mass is 488 g/mol. The maximum absolute atomic E-state index is 12.1. The van der Waals surface area contributed by atoms with E-state index >= 15 is 0 Å². The Labute approximate surface area is 186 Å². The molecule has 0 fully saturated rings. The van der Waals surface area contributed by atoms with Gasteiger partial charge in [-0.1, -0.05) is 6.07 Å². The highest BCUT2D eigenvalue weighted by molar-refractivity contribution is 5.93. The normalized spacial score (nSPS) is 13.7. The molecule has 4 N–H and O–H groups in total. The summed E-state index contributed by atoms with van der Waals surface area (Å²) < 4.78 is 81.5. The van der Waals surface area contributed by atoms with E-state index in [0.717, 1.165) is 0 Å². The van der Waals surface area contributed by atoms with Crippen LogP contribution in [0.1, 0.15) is 19.4 Å². The standard InChI is InChI=1S/C19H26F6N4O4/c1-11-4-5-14(28-16(30)26-12(2)7-32-9-18(20,21)22)6-15(11)29-17(31)27-13(3)8-33-10-19(23,24)25/h4-6,12-13H,7-10H2,1-3H3,(H2,26,28,30)(H2,27,29,31)/t12-,13-/m1/s1. The van der Waals surface area contributed by atoms with Crippen LogP contribution in [0, 0.1) is 6.92 Å². The summed E-state index contributed by atoms with van der Waals surface area (Å²) in [6.07, 6.45) is -8.93. The van der Waals surface area contributed by atoms with Crippen LogP contribution < -0.4 is 21.3 Å². The molecule has 188 valence electrons. The Morgan fingerprint density at radius 3 is 1.76 bits per heavy atom. The number of halogens is 6. The van der Waals surface area contributed by atoms with Crippen LogP contribution in [0.25, 0.3) is 0 Å². The molecule has 1 rings (SSSR count). The predicted octanol–water partition coefficient (Wildman–Crippen LogP) is 4.17. The maximum Gasteiger partial charge on any atom is 0.411 e. The number of nitrogens with one attached hydrogen (secondary N) is 4. The number of anilines is 2. The zero-order valence-electron chi connectivity index (χ0n) is 18.1. The van der Waals surface area contributed by atoms with E-state index in [1.165, 1.54) is 26.0 Å². The van der Waals surface area contributed by atoms with Crippen LogP contribution in [0.2, 0.25) is 0 Å². The Hall–Kier alpha value is -2.74. The second kappa shape index (κ2) is 12.5. The Morgan fingerprint density at radius 1 is 0.848 bits per heavy atom. The highest BCUT2D eigenvalue weighted by atomic mass is 19.4. The highest BCUT2D eigenvalue weighted by Crippen LogP contribution is 2.20. The molecule has 1 aromatic carbocycles. The van der Waals surface area contributed by atoms with Crippen LogP contribution in [0.4, 0.5) is 47.3 Å². The minimum atomic E-state index is -4.47. The first-order chi connectivity index (χ1) is 15.1. The minimum absolute atomic E-state index is 0.276. The SMILES string of the molecule is Cc1ccc(NC(=O)N[C@H](C)COCC(F)(F)F)cc1NC(=O)N[C@H](C)COCC(F)(F)F. The maximum atomic E-state index is 12.1. The van der Waals surface area contributed by atoms with Crippen LogP contribution in [-0.4, -0.2) is 62.9 Å². The molecule has 0 bridgehead atoms. The molecule has 0 saturated heterocycles. The van der Waals surface area contributed by atoms with Crippen molar-refractivity contribution < 1.29 is 45.4 Å². The van der Waals surface area contributed by atoms with E-state index in [9.17, 15) is 35.9 Å². The number of amides is 4. The molecule has 0 radical (unpaired) electrons. The highest BCUT2D eigenvalue weighted by Gasteiger charge is 2.28. The van der Waals surface area contributed by atoms with Crippen molar-refractivity contribution in [3.05, 3.63) is 23.8 Å². The lowest BCUT2D eigenvalue weighted by Gasteiger charge is -2.18. The van der Waals surface area contributed by atoms with Crippen molar-refractivity contribution >= 4 is 23.4 Å². The molecule has 1 aromatic rings. The number of urea groups is 2. The Morgan fingerprint density at radius 2 is 1.30 bits per heavy atom. The number of aryl methyl sites for hydroxylation is 1. The molecule has 0 aromatic heterocycles. The van der Waals surface area contributed by atoms with Crippen molar-refractivity contribution in [2.45, 2.75) is 45.2 Å². The van der Waals surface area contributed by atoms with E-state index in [1.54, 1.807) is 13.0 Å². The molecule has 2 atom stereocenters. The van der Waals surface area contributed by atoms with Crippen LogP contribution in [0.5, 0.6) is 0 Å². The molecule has 4 amide bonds. The van der Waals surface area contributed by atoms with Gasteiger partial charge in [0.1, 0.15) is 13.2 Å². The quantitative estimate of drug-likeness (QED) is 0.372. The van der Waals surface area contributed by atoms with E-state index in [2.05, 4.69) is 30.7 Å². The lowest BCUT2D eigenvalue weighted by molar-refractivity contribution is -0.175. The van der Waals surface area contributed by atoms with Crippen LogP contribution in [-0.2, 0) is 9.47 Å². The number of hydrogen-bond acceptors (Lipinski definition) is 4. The van der Waals surface area contributed by atoms with E-state index in [4.69, 9.17) is 0 Å². The summed E-state index contributed by atoms with van der Waals surface area (Å²) >= 11 is 0. The zero-order valence-corrected chi connectivity index (χ0v) is 18.1. The van der Waals surface area contributed by atoms with Gasteiger partial charge in [0.05, 0.1) is 25.3 Å². The number of hydrogen-bond donors (Lipinski definition) is 4. The third-order valence-corrected chi connectivity index (χ3v) is 3.77. The van der Waals surface area contributed by atoms with Crippen molar-refractivity contribution in [2.75, 3.05) is 37.1 Å². The van der Waals surface area contributed by atoms with E-state index in [0.29, 0.717) is 11.3 Å². The Bertz CT molecular complexity index is 789. The number of rotatable bonds is 10. The molecule has 8 nitrogen and oxygen atoms in total. The average Bonchev–Trinajstić information content (AvgIpc) is 2.62. The molecule has 0 aliphatic heterocycles. The molecular formula is C19H26F6N4O4. The van der Waals surface area contributed by atoms with Gasteiger partial charge in [-0.05, 0) is 38.5 Å². The van der Waals surface area contributed by atoms with Crippen molar-refractivity contribution in [1.29, 1.82) is 0 Å². The lowest BCUT2D eigenvalue weighted by atomic mass is 10.2. The summed E-state index contributed by atoms with van der Waals surface area (Å²) in [5.74, 6) is 0. The summed E-state index contributed by atoms with van der Waals surface area (Å²) in [6.45, 7) is 1.05. The molecule has 0 aliphatic rings. The van der Waals surface area contributed by atoms with Gasteiger partial charge in [0.15, 0.2) is 0 Å².